The number of thiocarbonyl (C=S) groups is 1. The van der Waals surface area contributed by atoms with Crippen molar-refractivity contribution in [1.82, 2.24) is 10.3 Å². The molecular weight excluding hydrogens is 232 g/mol. The summed E-state index contributed by atoms with van der Waals surface area (Å²) in [6.45, 7) is 0. The Morgan fingerprint density at radius 1 is 1.47 bits per heavy atom. The summed E-state index contributed by atoms with van der Waals surface area (Å²) in [6.07, 6.45) is 6.53. The maximum absolute atomic E-state index is 5.44. The molecule has 3 nitrogen and oxygen atoms in total. The number of nitrogens with one attached hydrogen (secondary N) is 1. The molecule has 1 saturated carbocycles. The van der Waals surface area contributed by atoms with Crippen LogP contribution in [0.4, 0.5) is 0 Å². The predicted octanol–water partition coefficient (Wildman–Crippen LogP) is 2.63. The quantitative estimate of drug-likeness (QED) is 0.833. The van der Waals surface area contributed by atoms with Crippen molar-refractivity contribution in [2.24, 2.45) is 0 Å². The average Bonchev–Trinajstić information content (AvgIpc) is 2.84. The summed E-state index contributed by atoms with van der Waals surface area (Å²) in [7, 11) is 1.67. The molecule has 0 saturated heterocycles. The van der Waals surface area contributed by atoms with E-state index in [1.807, 2.05) is 18.2 Å². The maximum Gasteiger partial charge on any atom is 0.149 e. The molecule has 1 heterocycles. The molecule has 0 amide bonds. The van der Waals surface area contributed by atoms with Crippen LogP contribution in [0.25, 0.3) is 0 Å². The molecule has 1 unspecified atom stereocenters. The van der Waals surface area contributed by atoms with Gasteiger partial charge in [-0.3, -0.25) is 4.98 Å². The first-order valence-corrected chi connectivity index (χ1v) is 6.46. The van der Waals surface area contributed by atoms with Crippen molar-refractivity contribution in [2.45, 2.75) is 37.8 Å². The molecular formula is C13H18N2OS. The van der Waals surface area contributed by atoms with Crippen molar-refractivity contribution in [1.29, 1.82) is 0 Å². The van der Waals surface area contributed by atoms with Crippen LogP contribution in [-0.4, -0.2) is 23.1 Å². The molecule has 2 rings (SSSR count). The molecule has 1 aromatic rings. The van der Waals surface area contributed by atoms with Crippen molar-refractivity contribution < 1.29 is 4.74 Å². The molecule has 0 bridgehead atoms. The van der Waals surface area contributed by atoms with Gasteiger partial charge in [0.15, 0.2) is 0 Å². The Bertz CT molecular complexity index is 363. The Morgan fingerprint density at radius 3 is 2.82 bits per heavy atom. The lowest BCUT2D eigenvalue weighted by molar-refractivity contribution is 0.152. The van der Waals surface area contributed by atoms with Gasteiger partial charge in [-0.25, -0.2) is 0 Å². The lowest BCUT2D eigenvalue weighted by Crippen LogP contribution is -2.36. The topological polar surface area (TPSA) is 34.1 Å². The Labute approximate surface area is 108 Å². The molecule has 1 fully saturated rings. The van der Waals surface area contributed by atoms with Crippen molar-refractivity contribution in [3.05, 3.63) is 30.1 Å². The summed E-state index contributed by atoms with van der Waals surface area (Å²) in [5.74, 6) is 0. The second-order valence-corrected chi connectivity index (χ2v) is 4.80. The summed E-state index contributed by atoms with van der Waals surface area (Å²) in [4.78, 5) is 5.04. The van der Waals surface area contributed by atoms with Crippen LogP contribution >= 0.6 is 12.2 Å². The van der Waals surface area contributed by atoms with E-state index in [1.165, 1.54) is 25.7 Å². The van der Waals surface area contributed by atoms with Gasteiger partial charge in [0.2, 0.25) is 0 Å². The molecule has 1 N–H and O–H groups in total. The highest BCUT2D eigenvalue weighted by Gasteiger charge is 2.22. The second-order valence-electron chi connectivity index (χ2n) is 4.36. The zero-order valence-electron chi connectivity index (χ0n) is 10.1. The minimum Gasteiger partial charge on any atom is -0.374 e. The highest BCUT2D eigenvalue weighted by atomic mass is 32.1. The first kappa shape index (κ1) is 12.5. The number of hydrogen-bond donors (Lipinski definition) is 1. The molecule has 17 heavy (non-hydrogen) atoms. The van der Waals surface area contributed by atoms with Crippen LogP contribution in [0, 0.1) is 0 Å². The summed E-state index contributed by atoms with van der Waals surface area (Å²) in [6, 6.07) is 6.30. The third-order valence-electron chi connectivity index (χ3n) is 3.13. The van der Waals surface area contributed by atoms with Crippen LogP contribution in [0.5, 0.6) is 0 Å². The molecule has 1 aliphatic carbocycles. The third kappa shape index (κ3) is 3.23. The van der Waals surface area contributed by atoms with Gasteiger partial charge in [0.25, 0.3) is 0 Å². The van der Waals surface area contributed by atoms with E-state index in [0.29, 0.717) is 6.04 Å². The Balaban J connectivity index is 2.00. The number of methoxy groups -OCH3 is 1. The normalized spacial score (nSPS) is 17.9. The minimum absolute atomic E-state index is 0.230. The maximum atomic E-state index is 5.44. The predicted molar refractivity (Wildman–Crippen MR) is 72.0 cm³/mol. The van der Waals surface area contributed by atoms with Crippen molar-refractivity contribution in [2.75, 3.05) is 7.11 Å². The van der Waals surface area contributed by atoms with E-state index in [-0.39, 0.29) is 6.10 Å². The number of nitrogens with zero attached hydrogens (tertiary/aromatic N) is 1. The van der Waals surface area contributed by atoms with Crippen LogP contribution < -0.4 is 5.32 Å². The van der Waals surface area contributed by atoms with E-state index < -0.39 is 0 Å². The highest BCUT2D eigenvalue weighted by Crippen LogP contribution is 2.21. The molecule has 92 valence electrons. The van der Waals surface area contributed by atoms with Gasteiger partial charge in [-0.1, -0.05) is 31.1 Å². The summed E-state index contributed by atoms with van der Waals surface area (Å²) in [5, 5.41) is 3.39. The van der Waals surface area contributed by atoms with Crippen LogP contribution in [0.2, 0.25) is 0 Å². The van der Waals surface area contributed by atoms with Crippen LogP contribution in [0.1, 0.15) is 37.5 Å². The zero-order chi connectivity index (χ0) is 12.1. The van der Waals surface area contributed by atoms with Crippen molar-refractivity contribution in [3.63, 3.8) is 0 Å². The first-order chi connectivity index (χ1) is 8.31. The van der Waals surface area contributed by atoms with E-state index in [9.17, 15) is 0 Å². The molecule has 1 aromatic heterocycles. The van der Waals surface area contributed by atoms with Gasteiger partial charge in [0.05, 0.1) is 5.69 Å². The largest absolute Gasteiger partial charge is 0.374 e. The summed E-state index contributed by atoms with van der Waals surface area (Å²) >= 11 is 5.42. The van der Waals surface area contributed by atoms with Gasteiger partial charge in [-0.2, -0.15) is 0 Å². The fraction of sp³-hybridized carbons (Fsp3) is 0.538. The fourth-order valence-electron chi connectivity index (χ4n) is 2.24. The van der Waals surface area contributed by atoms with Gasteiger partial charge in [-0.05, 0) is 25.0 Å². The lowest BCUT2D eigenvalue weighted by Gasteiger charge is -2.20. The second kappa shape index (κ2) is 6.07. The Hall–Kier alpha value is -1.00. The monoisotopic (exact) mass is 250 g/mol. The molecule has 1 aliphatic rings. The molecule has 0 aliphatic heterocycles. The Kier molecular flexibility index (Phi) is 4.45. The average molecular weight is 250 g/mol. The smallest absolute Gasteiger partial charge is 0.149 e. The zero-order valence-corrected chi connectivity index (χ0v) is 10.9. The highest BCUT2D eigenvalue weighted by molar-refractivity contribution is 7.80. The van der Waals surface area contributed by atoms with E-state index in [2.05, 4.69) is 10.3 Å². The molecule has 0 aromatic carbocycles. The molecule has 4 heteroatoms. The van der Waals surface area contributed by atoms with Crippen LogP contribution in [0.3, 0.4) is 0 Å². The SMILES string of the molecule is COC(C(=S)NC1CCCC1)c1ccccn1. The van der Waals surface area contributed by atoms with Crippen LogP contribution in [0.15, 0.2) is 24.4 Å². The summed E-state index contributed by atoms with van der Waals surface area (Å²) < 4.78 is 5.44. The van der Waals surface area contributed by atoms with Gasteiger partial charge >= 0.3 is 0 Å². The molecule has 0 radical (unpaired) electrons. The molecule has 0 spiro atoms. The number of aromatic nitrogens is 1. The minimum atomic E-state index is -0.230. The first-order valence-electron chi connectivity index (χ1n) is 6.05. The van der Waals surface area contributed by atoms with Crippen molar-refractivity contribution >= 4 is 17.2 Å². The van der Waals surface area contributed by atoms with Crippen LogP contribution in [-0.2, 0) is 4.74 Å². The van der Waals surface area contributed by atoms with E-state index in [4.69, 9.17) is 17.0 Å². The van der Waals surface area contributed by atoms with Gasteiger partial charge in [0.1, 0.15) is 11.1 Å². The van der Waals surface area contributed by atoms with Crippen molar-refractivity contribution in [3.8, 4) is 0 Å². The number of pyridine rings is 1. The summed E-state index contributed by atoms with van der Waals surface area (Å²) in [5.41, 5.74) is 0.866. The van der Waals surface area contributed by atoms with E-state index >= 15 is 0 Å². The number of rotatable bonds is 4. The number of ether oxygens (including phenoxy) is 1. The third-order valence-corrected chi connectivity index (χ3v) is 3.46. The fourth-order valence-corrected chi connectivity index (χ4v) is 2.62. The van der Waals surface area contributed by atoms with Gasteiger partial charge in [-0.15, -0.1) is 0 Å². The standard InChI is InChI=1S/C13H18N2OS/c1-16-12(11-8-4-5-9-14-11)13(17)15-10-6-2-3-7-10/h4-5,8-10,12H,2-3,6-7H2,1H3,(H,15,17). The molecule has 1 atom stereocenters. The van der Waals surface area contributed by atoms with Gasteiger partial charge in [0, 0.05) is 19.3 Å². The Morgan fingerprint density at radius 2 is 2.24 bits per heavy atom. The van der Waals surface area contributed by atoms with Gasteiger partial charge < -0.3 is 10.1 Å². The van der Waals surface area contributed by atoms with E-state index in [0.717, 1.165) is 10.7 Å². The van der Waals surface area contributed by atoms with E-state index in [1.54, 1.807) is 13.3 Å². The lowest BCUT2D eigenvalue weighted by atomic mass is 10.2. The number of hydrogen-bond acceptors (Lipinski definition) is 3.